The molecule has 0 aromatic heterocycles. The van der Waals surface area contributed by atoms with E-state index >= 15 is 0 Å². The van der Waals surface area contributed by atoms with Crippen molar-refractivity contribution in [3.05, 3.63) is 24.3 Å². The lowest BCUT2D eigenvalue weighted by Crippen LogP contribution is -2.27. The van der Waals surface area contributed by atoms with Crippen molar-refractivity contribution >= 4 is 0 Å². The van der Waals surface area contributed by atoms with E-state index in [-0.39, 0.29) is 5.75 Å². The van der Waals surface area contributed by atoms with Gasteiger partial charge in [-0.2, -0.15) is 0 Å². The van der Waals surface area contributed by atoms with E-state index < -0.39 is 0 Å². The lowest BCUT2D eigenvalue weighted by Gasteiger charge is -2.04. The molecule has 0 atom stereocenters. The molecule has 66 valence electrons. The van der Waals surface area contributed by atoms with Gasteiger partial charge in [0.1, 0.15) is 18.1 Å². The Kier molecular flexibility index (Phi) is 3.37. The number of aromatic hydroxyl groups is 1. The third kappa shape index (κ3) is 2.77. The Labute approximate surface area is 70.9 Å². The van der Waals surface area contributed by atoms with Crippen molar-refractivity contribution in [1.29, 1.82) is 0 Å². The van der Waals surface area contributed by atoms with Crippen molar-refractivity contribution in [2.24, 2.45) is 5.84 Å². The predicted molar refractivity (Wildman–Crippen MR) is 45.8 cm³/mol. The fourth-order valence-electron chi connectivity index (χ4n) is 0.770. The van der Waals surface area contributed by atoms with Crippen LogP contribution < -0.4 is 16.0 Å². The summed E-state index contributed by atoms with van der Waals surface area (Å²) in [5.74, 6) is 6.01. The summed E-state index contributed by atoms with van der Waals surface area (Å²) in [7, 11) is 0. The van der Waals surface area contributed by atoms with Crippen molar-refractivity contribution in [3.8, 4) is 11.5 Å². The number of phenols is 1. The standard InChI is InChI=1S/C8H12N2O2/c9-10-5-6-12-8-3-1-7(11)2-4-8/h1-4,10-11H,5-6,9H2. The minimum absolute atomic E-state index is 0.235. The van der Waals surface area contributed by atoms with Gasteiger partial charge in [0.05, 0.1) is 0 Å². The summed E-state index contributed by atoms with van der Waals surface area (Å²) in [6.07, 6.45) is 0. The number of nitrogens with one attached hydrogen (secondary N) is 1. The molecule has 1 rings (SSSR count). The molecule has 0 fully saturated rings. The molecular weight excluding hydrogens is 156 g/mol. The number of hydrogen-bond donors (Lipinski definition) is 3. The van der Waals surface area contributed by atoms with Gasteiger partial charge in [0.25, 0.3) is 0 Å². The molecule has 0 saturated heterocycles. The number of ether oxygens (including phenoxy) is 1. The molecule has 4 N–H and O–H groups in total. The van der Waals surface area contributed by atoms with E-state index in [1.165, 1.54) is 0 Å². The summed E-state index contributed by atoms with van der Waals surface area (Å²) in [5, 5.41) is 8.94. The van der Waals surface area contributed by atoms with Gasteiger partial charge in [-0.1, -0.05) is 0 Å². The lowest BCUT2D eigenvalue weighted by atomic mass is 10.3. The summed E-state index contributed by atoms with van der Waals surface area (Å²) in [5.41, 5.74) is 2.47. The van der Waals surface area contributed by atoms with E-state index in [4.69, 9.17) is 15.7 Å². The maximum atomic E-state index is 8.94. The predicted octanol–water partition coefficient (Wildman–Crippen LogP) is 0.234. The van der Waals surface area contributed by atoms with Gasteiger partial charge >= 0.3 is 0 Å². The third-order valence-electron chi connectivity index (χ3n) is 1.35. The SMILES string of the molecule is NNCCOc1ccc(O)cc1. The highest BCUT2D eigenvalue weighted by molar-refractivity contribution is 5.29. The highest BCUT2D eigenvalue weighted by Crippen LogP contribution is 2.15. The maximum Gasteiger partial charge on any atom is 0.119 e. The zero-order valence-corrected chi connectivity index (χ0v) is 6.66. The molecule has 4 nitrogen and oxygen atoms in total. The zero-order valence-electron chi connectivity index (χ0n) is 6.66. The van der Waals surface area contributed by atoms with Crippen molar-refractivity contribution in [2.75, 3.05) is 13.2 Å². The summed E-state index contributed by atoms with van der Waals surface area (Å²) >= 11 is 0. The van der Waals surface area contributed by atoms with Crippen LogP contribution in [0, 0.1) is 0 Å². The van der Waals surface area contributed by atoms with Crippen LogP contribution in [0.25, 0.3) is 0 Å². The second kappa shape index (κ2) is 4.58. The molecule has 0 bridgehead atoms. The van der Waals surface area contributed by atoms with Crippen molar-refractivity contribution in [1.82, 2.24) is 5.43 Å². The number of hydrogen-bond acceptors (Lipinski definition) is 4. The molecule has 0 aliphatic heterocycles. The molecule has 4 heteroatoms. The Balaban J connectivity index is 2.37. The van der Waals surface area contributed by atoms with Gasteiger partial charge < -0.3 is 9.84 Å². The van der Waals surface area contributed by atoms with E-state index in [1.807, 2.05) is 0 Å². The van der Waals surface area contributed by atoms with Crippen LogP contribution in [-0.4, -0.2) is 18.3 Å². The average Bonchev–Trinajstić information content (AvgIpc) is 2.09. The van der Waals surface area contributed by atoms with Crippen LogP contribution in [0.5, 0.6) is 11.5 Å². The van der Waals surface area contributed by atoms with Crippen LogP contribution in [0.3, 0.4) is 0 Å². The summed E-state index contributed by atoms with van der Waals surface area (Å²) in [6.45, 7) is 1.11. The van der Waals surface area contributed by atoms with Crippen LogP contribution in [0.15, 0.2) is 24.3 Å². The smallest absolute Gasteiger partial charge is 0.119 e. The van der Waals surface area contributed by atoms with Gasteiger partial charge in [-0.3, -0.25) is 11.3 Å². The van der Waals surface area contributed by atoms with Crippen LogP contribution in [0.2, 0.25) is 0 Å². The Morgan fingerprint density at radius 3 is 2.58 bits per heavy atom. The van der Waals surface area contributed by atoms with Gasteiger partial charge in [0, 0.05) is 6.54 Å². The number of phenolic OH excluding ortho intramolecular Hbond substituents is 1. The summed E-state index contributed by atoms with van der Waals surface area (Å²) < 4.78 is 5.25. The number of nitrogens with two attached hydrogens (primary N) is 1. The van der Waals surface area contributed by atoms with Gasteiger partial charge in [-0.25, -0.2) is 0 Å². The van der Waals surface area contributed by atoms with Crippen LogP contribution >= 0.6 is 0 Å². The summed E-state index contributed by atoms with van der Waals surface area (Å²) in [6, 6.07) is 6.55. The molecule has 0 unspecified atom stereocenters. The van der Waals surface area contributed by atoms with E-state index in [2.05, 4.69) is 5.43 Å². The van der Waals surface area contributed by atoms with E-state index in [1.54, 1.807) is 24.3 Å². The van der Waals surface area contributed by atoms with Gasteiger partial charge in [-0.05, 0) is 24.3 Å². The first kappa shape index (κ1) is 8.83. The molecule has 1 aromatic rings. The van der Waals surface area contributed by atoms with Crippen LogP contribution in [0.4, 0.5) is 0 Å². The van der Waals surface area contributed by atoms with Crippen molar-refractivity contribution in [2.45, 2.75) is 0 Å². The first-order valence-corrected chi connectivity index (χ1v) is 3.68. The monoisotopic (exact) mass is 168 g/mol. The molecule has 12 heavy (non-hydrogen) atoms. The molecule has 0 heterocycles. The zero-order chi connectivity index (χ0) is 8.81. The third-order valence-corrected chi connectivity index (χ3v) is 1.35. The second-order valence-electron chi connectivity index (χ2n) is 2.30. The van der Waals surface area contributed by atoms with Crippen molar-refractivity contribution in [3.63, 3.8) is 0 Å². The summed E-state index contributed by atoms with van der Waals surface area (Å²) in [4.78, 5) is 0. The maximum absolute atomic E-state index is 8.94. The van der Waals surface area contributed by atoms with E-state index in [0.717, 1.165) is 5.75 Å². The Bertz CT molecular complexity index is 223. The molecule has 0 aliphatic rings. The van der Waals surface area contributed by atoms with E-state index in [0.29, 0.717) is 13.2 Å². The number of rotatable bonds is 4. The van der Waals surface area contributed by atoms with Crippen LogP contribution in [-0.2, 0) is 0 Å². The highest BCUT2D eigenvalue weighted by atomic mass is 16.5. The van der Waals surface area contributed by atoms with Gasteiger partial charge in [0.15, 0.2) is 0 Å². The minimum Gasteiger partial charge on any atom is -0.508 e. The molecule has 0 amide bonds. The Morgan fingerprint density at radius 1 is 1.33 bits per heavy atom. The van der Waals surface area contributed by atoms with Crippen molar-refractivity contribution < 1.29 is 9.84 Å². The Hall–Kier alpha value is -1.26. The lowest BCUT2D eigenvalue weighted by molar-refractivity contribution is 0.314. The normalized spacial score (nSPS) is 9.75. The van der Waals surface area contributed by atoms with E-state index in [9.17, 15) is 0 Å². The molecule has 0 aliphatic carbocycles. The molecular formula is C8H12N2O2. The minimum atomic E-state index is 0.235. The van der Waals surface area contributed by atoms with Gasteiger partial charge in [-0.15, -0.1) is 0 Å². The first-order chi connectivity index (χ1) is 5.83. The number of benzene rings is 1. The fourth-order valence-corrected chi connectivity index (χ4v) is 0.770. The van der Waals surface area contributed by atoms with Gasteiger partial charge in [0.2, 0.25) is 0 Å². The highest BCUT2D eigenvalue weighted by Gasteiger charge is 1.92. The molecule has 1 aromatic carbocycles. The molecule has 0 spiro atoms. The molecule has 0 radical (unpaired) electrons. The fraction of sp³-hybridized carbons (Fsp3) is 0.250. The topological polar surface area (TPSA) is 67.5 Å². The average molecular weight is 168 g/mol. The first-order valence-electron chi connectivity index (χ1n) is 3.68. The second-order valence-corrected chi connectivity index (χ2v) is 2.30. The quantitative estimate of drug-likeness (QED) is 0.342. The Morgan fingerprint density at radius 2 is 2.00 bits per heavy atom. The molecule has 0 saturated carbocycles. The van der Waals surface area contributed by atoms with Crippen LogP contribution in [0.1, 0.15) is 0 Å². The largest absolute Gasteiger partial charge is 0.508 e. The number of hydrazine groups is 1.